The van der Waals surface area contributed by atoms with E-state index in [1.807, 2.05) is 0 Å². The van der Waals surface area contributed by atoms with Gasteiger partial charge in [-0.25, -0.2) is 4.98 Å². The average molecular weight is 287 g/mol. The van der Waals surface area contributed by atoms with Gasteiger partial charge < -0.3 is 10.4 Å². The van der Waals surface area contributed by atoms with E-state index >= 15 is 0 Å². The number of carbonyl (C=O) groups is 2. The predicted molar refractivity (Wildman–Crippen MR) is 62.2 cm³/mol. The van der Waals surface area contributed by atoms with Gasteiger partial charge in [-0.1, -0.05) is 0 Å². The quantitative estimate of drug-likeness (QED) is 0.830. The molecule has 0 fully saturated rings. The molecule has 1 aromatic rings. The molecule has 0 radical (unpaired) electrons. The highest BCUT2D eigenvalue weighted by molar-refractivity contribution is 9.10. The van der Waals surface area contributed by atoms with E-state index in [1.54, 1.807) is 19.1 Å². The summed E-state index contributed by atoms with van der Waals surface area (Å²) in [5.41, 5.74) is 1.27. The molecule has 1 amide bonds. The molecule has 0 aromatic carbocycles. The minimum atomic E-state index is -0.985. The molecule has 5 nitrogen and oxygen atoms in total. The largest absolute Gasteiger partial charge is 0.481 e. The van der Waals surface area contributed by atoms with Crippen LogP contribution in [0.3, 0.4) is 0 Å². The van der Waals surface area contributed by atoms with Crippen LogP contribution >= 0.6 is 15.9 Å². The van der Waals surface area contributed by atoms with Gasteiger partial charge in [0.1, 0.15) is 4.60 Å². The number of nitrogens with one attached hydrogen (secondary N) is 1. The summed E-state index contributed by atoms with van der Waals surface area (Å²) in [6.07, 6.45) is -0.209. The highest BCUT2D eigenvalue weighted by Crippen LogP contribution is 2.16. The van der Waals surface area contributed by atoms with Gasteiger partial charge >= 0.3 is 5.97 Å². The molecule has 0 atom stereocenters. The number of carboxylic acids is 1. The summed E-state index contributed by atoms with van der Waals surface area (Å²) in [5.74, 6) is -1.31. The summed E-state index contributed by atoms with van der Waals surface area (Å²) in [7, 11) is 0. The second kappa shape index (κ2) is 5.60. The van der Waals surface area contributed by atoms with E-state index in [0.717, 1.165) is 0 Å². The standard InChI is InChI=1S/C10H11BrN2O3/c1-6-7(2-3-8(11)12-6)13-9(14)4-5-10(15)16/h2-3H,4-5H2,1H3,(H,13,14)(H,15,16). The second-order valence-electron chi connectivity index (χ2n) is 3.21. The maximum Gasteiger partial charge on any atom is 0.303 e. The van der Waals surface area contributed by atoms with E-state index in [0.29, 0.717) is 16.0 Å². The molecule has 0 spiro atoms. The lowest BCUT2D eigenvalue weighted by atomic mass is 10.2. The fourth-order valence-corrected chi connectivity index (χ4v) is 1.49. The first-order valence-electron chi connectivity index (χ1n) is 4.64. The summed E-state index contributed by atoms with van der Waals surface area (Å²) >= 11 is 3.21. The Balaban J connectivity index is 2.59. The number of aliphatic carboxylic acids is 1. The van der Waals surface area contributed by atoms with Gasteiger partial charge in [0.05, 0.1) is 17.8 Å². The fraction of sp³-hybridized carbons (Fsp3) is 0.300. The lowest BCUT2D eigenvalue weighted by Gasteiger charge is -2.06. The van der Waals surface area contributed by atoms with Gasteiger partial charge in [0.2, 0.25) is 5.91 Å². The van der Waals surface area contributed by atoms with Crippen molar-refractivity contribution in [2.24, 2.45) is 0 Å². The number of amides is 1. The highest BCUT2D eigenvalue weighted by Gasteiger charge is 2.07. The Bertz CT molecular complexity index is 421. The number of carbonyl (C=O) groups excluding carboxylic acids is 1. The van der Waals surface area contributed by atoms with Crippen LogP contribution in [0.15, 0.2) is 16.7 Å². The first kappa shape index (κ1) is 12.6. The Hall–Kier alpha value is -1.43. The third kappa shape index (κ3) is 3.98. The van der Waals surface area contributed by atoms with Crippen molar-refractivity contribution in [2.75, 3.05) is 5.32 Å². The summed E-state index contributed by atoms with van der Waals surface area (Å²) in [6, 6.07) is 3.42. The van der Waals surface area contributed by atoms with Gasteiger partial charge in [-0.3, -0.25) is 9.59 Å². The number of nitrogens with zero attached hydrogens (tertiary/aromatic N) is 1. The zero-order valence-electron chi connectivity index (χ0n) is 8.66. The van der Waals surface area contributed by atoms with E-state index in [9.17, 15) is 9.59 Å². The number of pyridine rings is 1. The molecule has 1 heterocycles. The van der Waals surface area contributed by atoms with Crippen LogP contribution in [0.25, 0.3) is 0 Å². The number of hydrogen-bond donors (Lipinski definition) is 2. The molecule has 0 aliphatic heterocycles. The topological polar surface area (TPSA) is 79.3 Å². The molecule has 2 N–H and O–H groups in total. The van der Waals surface area contributed by atoms with Crippen LogP contribution in [0.5, 0.6) is 0 Å². The lowest BCUT2D eigenvalue weighted by molar-refractivity contribution is -0.138. The van der Waals surface area contributed by atoms with Crippen LogP contribution in [0, 0.1) is 6.92 Å². The Labute approximate surface area is 101 Å². The molecule has 6 heteroatoms. The highest BCUT2D eigenvalue weighted by atomic mass is 79.9. The molecule has 16 heavy (non-hydrogen) atoms. The molecule has 0 bridgehead atoms. The van der Waals surface area contributed by atoms with E-state index in [2.05, 4.69) is 26.2 Å². The smallest absolute Gasteiger partial charge is 0.303 e. The summed E-state index contributed by atoms with van der Waals surface area (Å²) in [5, 5.41) is 11.0. The van der Waals surface area contributed by atoms with Crippen molar-refractivity contribution >= 4 is 33.5 Å². The Morgan fingerprint density at radius 1 is 1.44 bits per heavy atom. The molecule has 0 aliphatic carbocycles. The minimum Gasteiger partial charge on any atom is -0.481 e. The van der Waals surface area contributed by atoms with E-state index in [-0.39, 0.29) is 18.7 Å². The Morgan fingerprint density at radius 3 is 2.69 bits per heavy atom. The Morgan fingerprint density at radius 2 is 2.12 bits per heavy atom. The molecule has 0 aliphatic rings. The van der Waals surface area contributed by atoms with Crippen LogP contribution in [0.2, 0.25) is 0 Å². The van der Waals surface area contributed by atoms with Gasteiger partial charge in [0.15, 0.2) is 0 Å². The SMILES string of the molecule is Cc1nc(Br)ccc1NC(=O)CCC(=O)O. The summed E-state index contributed by atoms with van der Waals surface area (Å²) < 4.78 is 0.688. The van der Waals surface area contributed by atoms with Crippen LogP contribution < -0.4 is 5.32 Å². The predicted octanol–water partition coefficient (Wildman–Crippen LogP) is 1.96. The zero-order chi connectivity index (χ0) is 12.1. The van der Waals surface area contributed by atoms with E-state index in [1.165, 1.54) is 0 Å². The maximum atomic E-state index is 11.3. The van der Waals surface area contributed by atoms with Crippen LogP contribution in [-0.2, 0) is 9.59 Å². The minimum absolute atomic E-state index is 0.0369. The maximum absolute atomic E-state index is 11.3. The van der Waals surface area contributed by atoms with Gasteiger partial charge in [-0.2, -0.15) is 0 Å². The third-order valence-electron chi connectivity index (χ3n) is 1.89. The normalized spacial score (nSPS) is 9.88. The number of anilines is 1. The number of rotatable bonds is 4. The van der Waals surface area contributed by atoms with Crippen LogP contribution in [0.4, 0.5) is 5.69 Å². The second-order valence-corrected chi connectivity index (χ2v) is 4.02. The first-order valence-corrected chi connectivity index (χ1v) is 5.43. The molecular weight excluding hydrogens is 276 g/mol. The van der Waals surface area contributed by atoms with Crippen molar-refractivity contribution < 1.29 is 14.7 Å². The number of aryl methyl sites for hydroxylation is 1. The van der Waals surface area contributed by atoms with Crippen LogP contribution in [0.1, 0.15) is 18.5 Å². The Kier molecular flexibility index (Phi) is 4.42. The van der Waals surface area contributed by atoms with Crippen molar-refractivity contribution in [2.45, 2.75) is 19.8 Å². The van der Waals surface area contributed by atoms with Crippen molar-refractivity contribution in [1.82, 2.24) is 4.98 Å². The van der Waals surface area contributed by atoms with Crippen molar-refractivity contribution in [3.05, 3.63) is 22.4 Å². The molecule has 0 unspecified atom stereocenters. The summed E-state index contributed by atoms with van der Waals surface area (Å²) in [6.45, 7) is 1.76. The zero-order valence-corrected chi connectivity index (χ0v) is 10.2. The molecule has 86 valence electrons. The fourth-order valence-electron chi connectivity index (χ4n) is 1.10. The number of hydrogen-bond acceptors (Lipinski definition) is 3. The molecule has 0 saturated heterocycles. The molecule has 1 rings (SSSR count). The van der Waals surface area contributed by atoms with Gasteiger partial charge in [-0.05, 0) is 35.0 Å². The third-order valence-corrected chi connectivity index (χ3v) is 2.33. The van der Waals surface area contributed by atoms with Gasteiger partial charge in [0, 0.05) is 6.42 Å². The van der Waals surface area contributed by atoms with Gasteiger partial charge in [0.25, 0.3) is 0 Å². The van der Waals surface area contributed by atoms with Crippen molar-refractivity contribution in [3.8, 4) is 0 Å². The van der Waals surface area contributed by atoms with E-state index in [4.69, 9.17) is 5.11 Å². The number of aromatic nitrogens is 1. The van der Waals surface area contributed by atoms with Crippen LogP contribution in [-0.4, -0.2) is 22.0 Å². The monoisotopic (exact) mass is 286 g/mol. The number of halogens is 1. The lowest BCUT2D eigenvalue weighted by Crippen LogP contribution is -2.14. The van der Waals surface area contributed by atoms with E-state index < -0.39 is 5.97 Å². The molecule has 1 aromatic heterocycles. The first-order chi connectivity index (χ1) is 7.49. The van der Waals surface area contributed by atoms with Gasteiger partial charge in [-0.15, -0.1) is 0 Å². The molecular formula is C10H11BrN2O3. The van der Waals surface area contributed by atoms with Crippen molar-refractivity contribution in [1.29, 1.82) is 0 Å². The molecule has 0 saturated carbocycles. The number of carboxylic acid groups (broad SMARTS) is 1. The van der Waals surface area contributed by atoms with Crippen molar-refractivity contribution in [3.63, 3.8) is 0 Å². The average Bonchev–Trinajstić information content (AvgIpc) is 2.19. The summed E-state index contributed by atoms with van der Waals surface area (Å²) in [4.78, 5) is 25.7.